The molecule has 0 aromatic heterocycles. The molecule has 31 heavy (non-hydrogen) atoms. The second-order valence-electron chi connectivity index (χ2n) is 7.83. The monoisotopic (exact) mass is 410 g/mol. The molecule has 4 aromatic carbocycles. The summed E-state index contributed by atoms with van der Waals surface area (Å²) >= 11 is 0. The van der Waals surface area contributed by atoms with Crippen LogP contribution in [0.4, 0.5) is 8.78 Å². The molecule has 0 aliphatic heterocycles. The van der Waals surface area contributed by atoms with E-state index < -0.39 is 0 Å². The summed E-state index contributed by atoms with van der Waals surface area (Å²) in [5.74, 6) is -0.121. The van der Waals surface area contributed by atoms with Gasteiger partial charge in [-0.2, -0.15) is 0 Å². The molecule has 0 aliphatic rings. The van der Waals surface area contributed by atoms with Gasteiger partial charge < -0.3 is 0 Å². The molecule has 0 spiro atoms. The predicted octanol–water partition coefficient (Wildman–Crippen LogP) is 8.15. The Balaban J connectivity index is 1.43. The third-order valence-electron chi connectivity index (χ3n) is 5.52. The van der Waals surface area contributed by atoms with Gasteiger partial charge in [0, 0.05) is 5.56 Å². The van der Waals surface area contributed by atoms with Gasteiger partial charge in [0.1, 0.15) is 11.6 Å². The Labute approximate surface area is 182 Å². The Kier molecular flexibility index (Phi) is 6.37. The number of benzene rings is 4. The molecule has 0 amide bonds. The zero-order valence-corrected chi connectivity index (χ0v) is 17.4. The van der Waals surface area contributed by atoms with Crippen LogP contribution in [0.5, 0.6) is 0 Å². The van der Waals surface area contributed by atoms with Gasteiger partial charge in [-0.25, -0.2) is 8.78 Å². The van der Waals surface area contributed by atoms with Gasteiger partial charge in [-0.05, 0) is 58.4 Å². The lowest BCUT2D eigenvalue weighted by molar-refractivity contribution is 0.620. The molecule has 0 nitrogen and oxygen atoms in total. The molecule has 0 heterocycles. The van der Waals surface area contributed by atoms with E-state index in [1.807, 2.05) is 60.7 Å². The first-order chi connectivity index (χ1) is 15.1. The Morgan fingerprint density at radius 3 is 2.00 bits per heavy atom. The molecule has 0 radical (unpaired) electrons. The molecule has 0 N–H and O–H groups in total. The van der Waals surface area contributed by atoms with E-state index >= 15 is 0 Å². The maximum absolute atomic E-state index is 14.6. The molecule has 0 bridgehead atoms. The van der Waals surface area contributed by atoms with Gasteiger partial charge in [-0.3, -0.25) is 0 Å². The van der Waals surface area contributed by atoms with Crippen LogP contribution in [0, 0.1) is 11.6 Å². The third kappa shape index (κ3) is 5.35. The zero-order chi connectivity index (χ0) is 21.6. The molecule has 0 saturated heterocycles. The summed E-state index contributed by atoms with van der Waals surface area (Å²) in [6, 6.07) is 30.1. The van der Waals surface area contributed by atoms with E-state index in [0.717, 1.165) is 28.7 Å². The third-order valence-corrected chi connectivity index (χ3v) is 5.52. The highest BCUT2D eigenvalue weighted by molar-refractivity contribution is 5.72. The van der Waals surface area contributed by atoms with E-state index in [1.165, 1.54) is 17.7 Å². The number of rotatable bonds is 6. The van der Waals surface area contributed by atoms with Crippen molar-refractivity contribution in [1.29, 1.82) is 0 Å². The quantitative estimate of drug-likeness (QED) is 0.281. The van der Waals surface area contributed by atoms with Crippen LogP contribution in [0.2, 0.25) is 0 Å². The number of hydrogen-bond acceptors (Lipinski definition) is 0. The Hall–Kier alpha value is -3.52. The first-order valence-electron chi connectivity index (χ1n) is 10.5. The highest BCUT2D eigenvalue weighted by Gasteiger charge is 2.08. The molecular weight excluding hydrogens is 386 g/mol. The lowest BCUT2D eigenvalue weighted by Gasteiger charge is -2.12. The van der Waals surface area contributed by atoms with Crippen molar-refractivity contribution in [3.05, 3.63) is 131 Å². The van der Waals surface area contributed by atoms with E-state index in [9.17, 15) is 8.78 Å². The van der Waals surface area contributed by atoms with Crippen LogP contribution in [0.15, 0.2) is 97.1 Å². The average molecular weight is 411 g/mol. The smallest absolute Gasteiger partial charge is 0.130 e. The standard InChI is InChI=1S/C29H24F2/c1-21(24-5-3-2-4-6-24)19-23-10-14-27(29(31)20-23)13-9-22-7-11-25(12-8-22)26-15-17-28(30)18-16-26/h2-18,20-21H,19H2,1H3/t21-/m0/s1. The van der Waals surface area contributed by atoms with Crippen molar-refractivity contribution in [2.24, 2.45) is 0 Å². The summed E-state index contributed by atoms with van der Waals surface area (Å²) in [5.41, 5.74) is 5.78. The maximum Gasteiger partial charge on any atom is 0.130 e. The van der Waals surface area contributed by atoms with E-state index in [2.05, 4.69) is 19.1 Å². The van der Waals surface area contributed by atoms with Crippen molar-refractivity contribution in [1.82, 2.24) is 0 Å². The van der Waals surface area contributed by atoms with Gasteiger partial charge in [-0.15, -0.1) is 0 Å². The number of halogens is 2. The summed E-state index contributed by atoms with van der Waals surface area (Å²) < 4.78 is 27.7. The second-order valence-corrected chi connectivity index (χ2v) is 7.83. The topological polar surface area (TPSA) is 0 Å². The Morgan fingerprint density at radius 2 is 1.35 bits per heavy atom. The Bertz CT molecular complexity index is 1160. The zero-order valence-electron chi connectivity index (χ0n) is 17.4. The summed E-state index contributed by atoms with van der Waals surface area (Å²) in [6.07, 6.45) is 4.50. The largest absolute Gasteiger partial charge is 0.207 e. The summed E-state index contributed by atoms with van der Waals surface area (Å²) in [5, 5.41) is 0. The minimum atomic E-state index is -0.245. The summed E-state index contributed by atoms with van der Waals surface area (Å²) in [4.78, 5) is 0. The van der Waals surface area contributed by atoms with Gasteiger partial charge in [0.2, 0.25) is 0 Å². The number of hydrogen-bond donors (Lipinski definition) is 0. The summed E-state index contributed by atoms with van der Waals surface area (Å²) in [6.45, 7) is 2.16. The highest BCUT2D eigenvalue weighted by atomic mass is 19.1. The normalized spacial score (nSPS) is 12.2. The van der Waals surface area contributed by atoms with Crippen molar-refractivity contribution >= 4 is 12.2 Å². The van der Waals surface area contributed by atoms with Crippen molar-refractivity contribution < 1.29 is 8.78 Å². The van der Waals surface area contributed by atoms with E-state index in [-0.39, 0.29) is 11.6 Å². The lowest BCUT2D eigenvalue weighted by Crippen LogP contribution is -1.99. The average Bonchev–Trinajstić information content (AvgIpc) is 2.80. The van der Waals surface area contributed by atoms with Crippen LogP contribution in [0.3, 0.4) is 0 Å². The predicted molar refractivity (Wildman–Crippen MR) is 126 cm³/mol. The van der Waals surface area contributed by atoms with Gasteiger partial charge in [0.25, 0.3) is 0 Å². The molecular formula is C29H24F2. The minimum absolute atomic E-state index is 0.211. The van der Waals surface area contributed by atoms with Crippen LogP contribution in [-0.4, -0.2) is 0 Å². The van der Waals surface area contributed by atoms with Crippen molar-refractivity contribution in [2.45, 2.75) is 19.3 Å². The van der Waals surface area contributed by atoms with E-state index in [0.29, 0.717) is 11.5 Å². The fourth-order valence-corrected chi connectivity index (χ4v) is 3.70. The fraction of sp³-hybridized carbons (Fsp3) is 0.103. The van der Waals surface area contributed by atoms with Crippen LogP contribution < -0.4 is 0 Å². The van der Waals surface area contributed by atoms with Gasteiger partial charge in [0.15, 0.2) is 0 Å². The second kappa shape index (κ2) is 9.53. The highest BCUT2D eigenvalue weighted by Crippen LogP contribution is 2.23. The molecule has 0 saturated carbocycles. The van der Waals surface area contributed by atoms with Crippen LogP contribution in [-0.2, 0) is 6.42 Å². The van der Waals surface area contributed by atoms with Crippen molar-refractivity contribution in [3.8, 4) is 11.1 Å². The van der Waals surface area contributed by atoms with E-state index in [4.69, 9.17) is 0 Å². The minimum Gasteiger partial charge on any atom is -0.207 e. The molecule has 0 unspecified atom stereocenters. The summed E-state index contributed by atoms with van der Waals surface area (Å²) in [7, 11) is 0. The molecule has 0 aliphatic carbocycles. The molecule has 154 valence electrons. The van der Waals surface area contributed by atoms with Gasteiger partial charge in [-0.1, -0.05) is 97.9 Å². The van der Waals surface area contributed by atoms with Gasteiger partial charge in [0.05, 0.1) is 0 Å². The SMILES string of the molecule is C[C@@H](Cc1ccc(C=Cc2ccc(-c3ccc(F)cc3)cc2)c(F)c1)c1ccccc1. The van der Waals surface area contributed by atoms with E-state index in [1.54, 1.807) is 24.3 Å². The molecule has 4 rings (SSSR count). The Morgan fingerprint density at radius 1 is 0.710 bits per heavy atom. The van der Waals surface area contributed by atoms with Crippen LogP contribution >= 0.6 is 0 Å². The van der Waals surface area contributed by atoms with Crippen LogP contribution in [0.25, 0.3) is 23.3 Å². The molecule has 2 heteroatoms. The molecule has 1 atom stereocenters. The van der Waals surface area contributed by atoms with Crippen molar-refractivity contribution in [2.75, 3.05) is 0 Å². The maximum atomic E-state index is 14.6. The van der Waals surface area contributed by atoms with Crippen LogP contribution in [0.1, 0.15) is 35.1 Å². The van der Waals surface area contributed by atoms with Gasteiger partial charge >= 0.3 is 0 Å². The lowest BCUT2D eigenvalue weighted by atomic mass is 9.93. The molecule has 0 fully saturated rings. The first-order valence-corrected chi connectivity index (χ1v) is 10.5. The fourth-order valence-electron chi connectivity index (χ4n) is 3.70. The van der Waals surface area contributed by atoms with Crippen molar-refractivity contribution in [3.63, 3.8) is 0 Å². The first kappa shape index (κ1) is 20.7. The molecule has 4 aromatic rings.